The summed E-state index contributed by atoms with van der Waals surface area (Å²) in [4.78, 5) is 18.9. The number of nitrogens with one attached hydrogen (secondary N) is 1. The van der Waals surface area contributed by atoms with Gasteiger partial charge in [0.2, 0.25) is 0 Å². The van der Waals surface area contributed by atoms with Gasteiger partial charge in [0.1, 0.15) is 12.4 Å². The maximum Gasteiger partial charge on any atom is 0.265 e. The Bertz CT molecular complexity index is 678. The second kappa shape index (κ2) is 7.74. The number of benzene rings is 1. The summed E-state index contributed by atoms with van der Waals surface area (Å²) in [5.74, 6) is 0.651. The highest BCUT2D eigenvalue weighted by Crippen LogP contribution is 2.15. The molecule has 1 aromatic heterocycles. The van der Waals surface area contributed by atoms with Crippen LogP contribution in [0.1, 0.15) is 21.1 Å². The van der Waals surface area contributed by atoms with Crippen molar-refractivity contribution in [2.75, 3.05) is 33.2 Å². The average molecular weight is 346 g/mol. The van der Waals surface area contributed by atoms with E-state index in [0.717, 1.165) is 42.6 Å². The van der Waals surface area contributed by atoms with Crippen molar-refractivity contribution >= 4 is 17.2 Å². The number of aromatic nitrogens is 1. The molecule has 128 valence electrons. The van der Waals surface area contributed by atoms with Gasteiger partial charge in [0.15, 0.2) is 0 Å². The van der Waals surface area contributed by atoms with E-state index in [1.54, 1.807) is 23.5 Å². The summed E-state index contributed by atoms with van der Waals surface area (Å²) in [7, 11) is 2.09. The van der Waals surface area contributed by atoms with Gasteiger partial charge in [-0.2, -0.15) is 0 Å². The van der Waals surface area contributed by atoms with E-state index in [1.165, 1.54) is 0 Å². The van der Waals surface area contributed by atoms with Crippen molar-refractivity contribution in [1.82, 2.24) is 20.3 Å². The highest BCUT2D eigenvalue weighted by molar-refractivity contribution is 7.09. The molecule has 1 amide bonds. The van der Waals surface area contributed by atoms with Gasteiger partial charge in [-0.3, -0.25) is 10.2 Å². The molecule has 0 unspecified atom stereocenters. The molecule has 0 radical (unpaired) electrons. The molecular formula is C17H22N4O2S. The first-order chi connectivity index (χ1) is 11.6. The number of likely N-dealkylation sites (N-methyl/N-ethyl adjacent to an activating group) is 1. The molecule has 0 saturated carbocycles. The van der Waals surface area contributed by atoms with Crippen LogP contribution in [0.15, 0.2) is 29.6 Å². The Morgan fingerprint density at radius 1 is 1.25 bits per heavy atom. The van der Waals surface area contributed by atoms with Crippen LogP contribution in [0.3, 0.4) is 0 Å². The number of hydrogen-bond acceptors (Lipinski definition) is 6. The van der Waals surface area contributed by atoms with Crippen LogP contribution in [0, 0.1) is 6.92 Å². The molecule has 2 aromatic rings. The fourth-order valence-electron chi connectivity index (χ4n) is 2.46. The normalized spacial score (nSPS) is 16.1. The molecule has 3 rings (SSSR count). The summed E-state index contributed by atoms with van der Waals surface area (Å²) >= 11 is 1.61. The monoisotopic (exact) mass is 346 g/mol. The van der Waals surface area contributed by atoms with Crippen molar-refractivity contribution < 1.29 is 9.53 Å². The van der Waals surface area contributed by atoms with Gasteiger partial charge in [-0.05, 0) is 38.2 Å². The lowest BCUT2D eigenvalue weighted by Gasteiger charge is -2.32. The van der Waals surface area contributed by atoms with E-state index in [1.807, 2.05) is 29.4 Å². The molecule has 2 heterocycles. The molecule has 1 aliphatic rings. The lowest BCUT2D eigenvalue weighted by Crippen LogP contribution is -2.52. The highest BCUT2D eigenvalue weighted by Gasteiger charge is 2.16. The predicted molar refractivity (Wildman–Crippen MR) is 94.2 cm³/mol. The number of rotatable bonds is 5. The summed E-state index contributed by atoms with van der Waals surface area (Å²) in [5.41, 5.74) is 4.51. The van der Waals surface area contributed by atoms with E-state index in [-0.39, 0.29) is 5.91 Å². The van der Waals surface area contributed by atoms with Crippen LogP contribution in [0.4, 0.5) is 0 Å². The van der Waals surface area contributed by atoms with E-state index < -0.39 is 0 Å². The zero-order valence-electron chi connectivity index (χ0n) is 14.0. The third kappa shape index (κ3) is 4.53. The van der Waals surface area contributed by atoms with E-state index in [2.05, 4.69) is 22.4 Å². The second-order valence-electron chi connectivity index (χ2n) is 5.90. The van der Waals surface area contributed by atoms with Crippen molar-refractivity contribution in [1.29, 1.82) is 0 Å². The summed E-state index contributed by atoms with van der Waals surface area (Å²) in [6, 6.07) is 7.20. The van der Waals surface area contributed by atoms with Crippen molar-refractivity contribution in [3.05, 3.63) is 45.9 Å². The number of carbonyl (C=O) groups excluding carboxylic acids is 1. The first kappa shape index (κ1) is 16.9. The number of aryl methyl sites for hydroxylation is 1. The Hall–Kier alpha value is -1.96. The minimum Gasteiger partial charge on any atom is -0.487 e. The van der Waals surface area contributed by atoms with Crippen molar-refractivity contribution in [3.63, 3.8) is 0 Å². The van der Waals surface area contributed by atoms with Gasteiger partial charge in [0.05, 0.1) is 10.7 Å². The molecule has 0 spiro atoms. The van der Waals surface area contributed by atoms with Gasteiger partial charge in [-0.15, -0.1) is 11.3 Å². The van der Waals surface area contributed by atoms with Crippen molar-refractivity contribution in [3.8, 4) is 5.75 Å². The van der Waals surface area contributed by atoms with Gasteiger partial charge >= 0.3 is 0 Å². The number of carbonyl (C=O) groups is 1. The van der Waals surface area contributed by atoms with Gasteiger partial charge in [-0.25, -0.2) is 9.99 Å². The third-order valence-corrected chi connectivity index (χ3v) is 4.76. The zero-order chi connectivity index (χ0) is 16.9. The molecule has 7 heteroatoms. The van der Waals surface area contributed by atoms with Gasteiger partial charge in [-0.1, -0.05) is 0 Å². The first-order valence-electron chi connectivity index (χ1n) is 7.98. The molecule has 0 aliphatic carbocycles. The molecular weight excluding hydrogens is 324 g/mol. The Labute approximate surface area is 146 Å². The van der Waals surface area contributed by atoms with Gasteiger partial charge in [0.25, 0.3) is 5.91 Å². The molecule has 1 aliphatic heterocycles. The van der Waals surface area contributed by atoms with E-state index in [0.29, 0.717) is 12.2 Å². The summed E-state index contributed by atoms with van der Waals surface area (Å²) in [6.45, 7) is 6.03. The Morgan fingerprint density at radius 3 is 2.58 bits per heavy atom. The zero-order valence-corrected chi connectivity index (χ0v) is 14.8. The molecule has 1 N–H and O–H groups in total. The number of hydrogen-bond donors (Lipinski definition) is 1. The maximum atomic E-state index is 12.3. The van der Waals surface area contributed by atoms with Crippen LogP contribution in [-0.4, -0.2) is 54.0 Å². The summed E-state index contributed by atoms with van der Waals surface area (Å²) in [6.07, 6.45) is 0. The Morgan fingerprint density at radius 2 is 1.96 bits per heavy atom. The number of piperazine rings is 1. The fraction of sp³-hybridized carbons (Fsp3) is 0.412. The minimum absolute atomic E-state index is 0.0822. The van der Waals surface area contributed by atoms with Gasteiger partial charge < -0.3 is 9.64 Å². The van der Waals surface area contributed by atoms with E-state index in [9.17, 15) is 4.79 Å². The standard InChI is InChI=1S/C17H22N4O2S/c1-13-18-15(12-24-13)11-23-16-5-3-14(4-6-16)17(22)19-21-9-7-20(2)8-10-21/h3-6,12H,7-11H2,1-2H3,(H,19,22). The highest BCUT2D eigenvalue weighted by atomic mass is 32.1. The number of nitrogens with zero attached hydrogens (tertiary/aromatic N) is 3. The SMILES string of the molecule is Cc1nc(COc2ccc(C(=O)NN3CCN(C)CC3)cc2)cs1. The Balaban J connectivity index is 1.51. The molecule has 1 saturated heterocycles. The molecule has 6 nitrogen and oxygen atoms in total. The topological polar surface area (TPSA) is 57.7 Å². The maximum absolute atomic E-state index is 12.3. The summed E-state index contributed by atoms with van der Waals surface area (Å²) in [5, 5.41) is 4.99. The predicted octanol–water partition coefficient (Wildman–Crippen LogP) is 1.92. The average Bonchev–Trinajstić information content (AvgIpc) is 3.01. The lowest BCUT2D eigenvalue weighted by atomic mass is 10.2. The fourth-order valence-corrected chi connectivity index (χ4v) is 3.06. The van der Waals surface area contributed by atoms with Crippen LogP contribution in [-0.2, 0) is 6.61 Å². The Kier molecular flexibility index (Phi) is 5.44. The van der Waals surface area contributed by atoms with Gasteiger partial charge in [0, 0.05) is 37.1 Å². The molecule has 24 heavy (non-hydrogen) atoms. The van der Waals surface area contributed by atoms with E-state index >= 15 is 0 Å². The van der Waals surface area contributed by atoms with Crippen LogP contribution < -0.4 is 10.2 Å². The van der Waals surface area contributed by atoms with Crippen LogP contribution >= 0.6 is 11.3 Å². The van der Waals surface area contributed by atoms with E-state index in [4.69, 9.17) is 4.74 Å². The van der Waals surface area contributed by atoms with Crippen molar-refractivity contribution in [2.24, 2.45) is 0 Å². The number of hydrazine groups is 1. The summed E-state index contributed by atoms with van der Waals surface area (Å²) < 4.78 is 5.70. The van der Waals surface area contributed by atoms with Crippen molar-refractivity contribution in [2.45, 2.75) is 13.5 Å². The molecule has 0 atom stereocenters. The quantitative estimate of drug-likeness (QED) is 0.896. The number of ether oxygens (including phenoxy) is 1. The van der Waals surface area contributed by atoms with Crippen LogP contribution in [0.25, 0.3) is 0 Å². The number of amides is 1. The molecule has 1 fully saturated rings. The number of thiazole rings is 1. The minimum atomic E-state index is -0.0822. The molecule has 1 aromatic carbocycles. The lowest BCUT2D eigenvalue weighted by molar-refractivity contribution is 0.0662. The van der Waals surface area contributed by atoms with Crippen LogP contribution in [0.2, 0.25) is 0 Å². The second-order valence-corrected chi connectivity index (χ2v) is 6.96. The first-order valence-corrected chi connectivity index (χ1v) is 8.86. The van der Waals surface area contributed by atoms with Crippen LogP contribution in [0.5, 0.6) is 5.75 Å². The smallest absolute Gasteiger partial charge is 0.265 e. The molecule has 0 bridgehead atoms. The largest absolute Gasteiger partial charge is 0.487 e. The third-order valence-electron chi connectivity index (χ3n) is 3.93.